The highest BCUT2D eigenvalue weighted by atomic mass is 32.2. The molecule has 0 saturated heterocycles. The van der Waals surface area contributed by atoms with E-state index >= 15 is 0 Å². The zero-order valence-corrected chi connectivity index (χ0v) is 7.41. The molecule has 0 fully saturated rings. The second-order valence-electron chi connectivity index (χ2n) is 2.26. The summed E-state index contributed by atoms with van der Waals surface area (Å²) in [6, 6.07) is 0. The molecule has 6 heteroatoms. The van der Waals surface area contributed by atoms with Crippen LogP contribution in [0, 0.1) is 0 Å². The molecule has 2 aromatic rings. The van der Waals surface area contributed by atoms with E-state index in [9.17, 15) is 4.79 Å². The van der Waals surface area contributed by atoms with Gasteiger partial charge in [0.1, 0.15) is 23.2 Å². The van der Waals surface area contributed by atoms with Gasteiger partial charge in [0.15, 0.2) is 5.65 Å². The summed E-state index contributed by atoms with van der Waals surface area (Å²) in [7, 11) is 0. The summed E-state index contributed by atoms with van der Waals surface area (Å²) < 4.78 is 0. The molecule has 5 nitrogen and oxygen atoms in total. The zero-order chi connectivity index (χ0) is 9.10. The van der Waals surface area contributed by atoms with Crippen molar-refractivity contribution in [1.82, 2.24) is 19.9 Å². The largest absolute Gasteiger partial charge is 0.341 e. The average Bonchev–Trinajstić information content (AvgIpc) is 2.62. The third-order valence-electron chi connectivity index (χ3n) is 1.48. The van der Waals surface area contributed by atoms with Gasteiger partial charge in [0, 0.05) is 0 Å². The van der Waals surface area contributed by atoms with Crippen LogP contribution in [0.1, 0.15) is 0 Å². The van der Waals surface area contributed by atoms with Crippen molar-refractivity contribution in [2.24, 2.45) is 0 Å². The molecule has 0 spiro atoms. The van der Waals surface area contributed by atoms with Crippen LogP contribution in [0.25, 0.3) is 11.2 Å². The third-order valence-corrected chi connectivity index (χ3v) is 2.36. The lowest BCUT2D eigenvalue weighted by Gasteiger charge is -1.95. The van der Waals surface area contributed by atoms with Gasteiger partial charge in [-0.15, -0.1) is 0 Å². The van der Waals surface area contributed by atoms with Gasteiger partial charge in [-0.1, -0.05) is 11.8 Å². The molecule has 0 aliphatic carbocycles. The van der Waals surface area contributed by atoms with E-state index in [1.165, 1.54) is 18.1 Å². The van der Waals surface area contributed by atoms with Gasteiger partial charge in [-0.3, -0.25) is 0 Å². The van der Waals surface area contributed by atoms with Gasteiger partial charge in [-0.25, -0.2) is 15.0 Å². The number of thioether (sulfide) groups is 1. The molecule has 1 N–H and O–H groups in total. The molecule has 2 aromatic heterocycles. The average molecular weight is 194 g/mol. The van der Waals surface area contributed by atoms with Crippen LogP contribution in [0.15, 0.2) is 17.7 Å². The van der Waals surface area contributed by atoms with E-state index in [1.807, 2.05) is 0 Å². The number of nitrogens with one attached hydrogen (secondary N) is 1. The lowest BCUT2D eigenvalue weighted by Crippen LogP contribution is -1.87. The molecule has 0 bridgehead atoms. The van der Waals surface area contributed by atoms with Gasteiger partial charge in [0.05, 0.1) is 12.1 Å². The van der Waals surface area contributed by atoms with Gasteiger partial charge in [0.25, 0.3) is 0 Å². The Hall–Kier alpha value is -1.43. The topological polar surface area (TPSA) is 71.5 Å². The molecule has 0 aliphatic heterocycles. The Balaban J connectivity index is 2.42. The van der Waals surface area contributed by atoms with Crippen LogP contribution in [0.2, 0.25) is 0 Å². The fraction of sp³-hybridized carbons (Fsp3) is 0.143. The minimum absolute atomic E-state index is 0.394. The van der Waals surface area contributed by atoms with E-state index in [2.05, 4.69) is 19.9 Å². The predicted octanol–water partition coefficient (Wildman–Crippen LogP) is 0.644. The quantitative estimate of drug-likeness (QED) is 0.441. The monoisotopic (exact) mass is 194 g/mol. The van der Waals surface area contributed by atoms with Crippen LogP contribution < -0.4 is 0 Å². The molecule has 13 heavy (non-hydrogen) atoms. The lowest BCUT2D eigenvalue weighted by atomic mass is 10.6. The molecule has 66 valence electrons. The number of carbonyl (C=O) groups excluding carboxylic acids is 1. The first kappa shape index (κ1) is 8.18. The number of carbonyl (C=O) groups is 1. The van der Waals surface area contributed by atoms with Gasteiger partial charge in [0.2, 0.25) is 0 Å². The number of fused-ring (bicyclic) bond motifs is 1. The highest BCUT2D eigenvalue weighted by Crippen LogP contribution is 2.20. The Labute approximate surface area is 78.0 Å². The number of nitrogens with zero attached hydrogens (tertiary/aromatic N) is 3. The fourth-order valence-corrected chi connectivity index (χ4v) is 1.61. The van der Waals surface area contributed by atoms with Crippen molar-refractivity contribution in [3.05, 3.63) is 12.7 Å². The van der Waals surface area contributed by atoms with Crippen LogP contribution >= 0.6 is 11.8 Å². The van der Waals surface area contributed by atoms with Crippen LogP contribution in [0.5, 0.6) is 0 Å². The number of imidazole rings is 1. The molecule has 0 atom stereocenters. The number of aromatic nitrogens is 4. The van der Waals surface area contributed by atoms with Crippen molar-refractivity contribution < 1.29 is 4.79 Å². The van der Waals surface area contributed by atoms with Crippen molar-refractivity contribution in [3.63, 3.8) is 0 Å². The summed E-state index contributed by atoms with van der Waals surface area (Å²) in [6.45, 7) is 0. The highest BCUT2D eigenvalue weighted by molar-refractivity contribution is 8.00. The highest BCUT2D eigenvalue weighted by Gasteiger charge is 2.04. The molecule has 0 aromatic carbocycles. The smallest absolute Gasteiger partial charge is 0.181 e. The van der Waals surface area contributed by atoms with Crippen molar-refractivity contribution in [2.75, 3.05) is 5.75 Å². The maximum absolute atomic E-state index is 10.2. The van der Waals surface area contributed by atoms with Gasteiger partial charge in [-0.05, 0) is 0 Å². The molecular formula is C7H6N4OS. The summed E-state index contributed by atoms with van der Waals surface area (Å²) in [5.74, 6) is 0.394. The Bertz CT molecular complexity index is 427. The third kappa shape index (κ3) is 1.52. The van der Waals surface area contributed by atoms with Gasteiger partial charge in [-0.2, -0.15) is 0 Å². The minimum atomic E-state index is 0.394. The standard InChI is InChI=1S/C7H6N4OS/c12-1-2-13-7-5-6(9-3-8-5)10-4-11-7/h1,3-4H,2H2,(H,8,9,10,11). The fourth-order valence-electron chi connectivity index (χ4n) is 0.965. The summed E-state index contributed by atoms with van der Waals surface area (Å²) in [5, 5.41) is 0.759. The maximum atomic E-state index is 10.2. The van der Waals surface area contributed by atoms with Gasteiger partial charge >= 0.3 is 0 Å². The Morgan fingerprint density at radius 1 is 1.46 bits per heavy atom. The molecule has 0 amide bonds. The summed E-state index contributed by atoms with van der Waals surface area (Å²) in [4.78, 5) is 25.1. The minimum Gasteiger partial charge on any atom is -0.341 e. The summed E-state index contributed by atoms with van der Waals surface area (Å²) >= 11 is 1.36. The molecule has 0 aliphatic rings. The van der Waals surface area contributed by atoms with E-state index in [0.29, 0.717) is 11.4 Å². The van der Waals surface area contributed by atoms with Crippen LogP contribution in [0.4, 0.5) is 0 Å². The van der Waals surface area contributed by atoms with Crippen molar-refractivity contribution in [1.29, 1.82) is 0 Å². The van der Waals surface area contributed by atoms with Crippen molar-refractivity contribution in [3.8, 4) is 0 Å². The van der Waals surface area contributed by atoms with Crippen molar-refractivity contribution in [2.45, 2.75) is 5.03 Å². The van der Waals surface area contributed by atoms with E-state index in [4.69, 9.17) is 0 Å². The molecule has 2 heterocycles. The SMILES string of the molecule is O=CCSc1ncnc2nc[nH]c12. The van der Waals surface area contributed by atoms with E-state index in [-0.39, 0.29) is 0 Å². The van der Waals surface area contributed by atoms with E-state index in [0.717, 1.165) is 16.8 Å². The first-order valence-electron chi connectivity index (χ1n) is 3.62. The molecular weight excluding hydrogens is 188 g/mol. The summed E-state index contributed by atoms with van der Waals surface area (Å²) in [6.07, 6.45) is 3.84. The first-order valence-corrected chi connectivity index (χ1v) is 4.61. The number of H-pyrrole nitrogens is 1. The first-order chi connectivity index (χ1) is 6.42. The van der Waals surface area contributed by atoms with E-state index in [1.54, 1.807) is 6.33 Å². The zero-order valence-electron chi connectivity index (χ0n) is 6.60. The van der Waals surface area contributed by atoms with Crippen LogP contribution in [0.3, 0.4) is 0 Å². The molecule has 0 unspecified atom stereocenters. The number of rotatable bonds is 3. The predicted molar refractivity (Wildman–Crippen MR) is 48.5 cm³/mol. The second-order valence-corrected chi connectivity index (χ2v) is 3.27. The number of hydrogen-bond donors (Lipinski definition) is 1. The maximum Gasteiger partial charge on any atom is 0.181 e. The van der Waals surface area contributed by atoms with Gasteiger partial charge < -0.3 is 9.78 Å². The lowest BCUT2D eigenvalue weighted by molar-refractivity contribution is -0.105. The number of aldehydes is 1. The number of hydrogen-bond acceptors (Lipinski definition) is 5. The Morgan fingerprint density at radius 3 is 3.23 bits per heavy atom. The van der Waals surface area contributed by atoms with Crippen LogP contribution in [-0.2, 0) is 4.79 Å². The number of aromatic amines is 1. The second kappa shape index (κ2) is 3.53. The van der Waals surface area contributed by atoms with Crippen LogP contribution in [-0.4, -0.2) is 32.0 Å². The normalized spacial score (nSPS) is 10.5. The Morgan fingerprint density at radius 2 is 2.38 bits per heavy atom. The van der Waals surface area contributed by atoms with Crippen molar-refractivity contribution >= 4 is 29.2 Å². The summed E-state index contributed by atoms with van der Waals surface area (Å²) in [5.41, 5.74) is 1.41. The molecule has 2 rings (SSSR count). The molecule has 0 saturated carbocycles. The Kier molecular flexibility index (Phi) is 2.22. The van der Waals surface area contributed by atoms with E-state index < -0.39 is 0 Å². The molecule has 0 radical (unpaired) electrons.